The molecular formula is C22H27N5O2. The summed E-state index contributed by atoms with van der Waals surface area (Å²) in [5.41, 5.74) is 3.66. The lowest BCUT2D eigenvalue weighted by Crippen LogP contribution is -2.23. The molecule has 7 nitrogen and oxygen atoms in total. The SMILES string of the molecule is CNC(=O)c1ccc(CNC(=O)c2cc(C(C)C)nc3c2cnn3C(C)C)cc1. The van der Waals surface area contributed by atoms with Crippen molar-refractivity contribution in [1.82, 2.24) is 25.4 Å². The van der Waals surface area contributed by atoms with E-state index in [-0.39, 0.29) is 23.8 Å². The highest BCUT2D eigenvalue weighted by Crippen LogP contribution is 2.24. The average molecular weight is 393 g/mol. The van der Waals surface area contributed by atoms with Crippen LogP contribution in [-0.4, -0.2) is 33.6 Å². The zero-order valence-electron chi connectivity index (χ0n) is 17.5. The van der Waals surface area contributed by atoms with E-state index in [1.165, 1.54) is 0 Å². The molecule has 0 aliphatic carbocycles. The third-order valence-corrected chi connectivity index (χ3v) is 4.81. The lowest BCUT2D eigenvalue weighted by Gasteiger charge is -2.12. The first kappa shape index (κ1) is 20.5. The van der Waals surface area contributed by atoms with Crippen LogP contribution in [0.3, 0.4) is 0 Å². The maximum Gasteiger partial charge on any atom is 0.252 e. The van der Waals surface area contributed by atoms with Gasteiger partial charge in [0.25, 0.3) is 11.8 Å². The molecule has 2 N–H and O–H groups in total. The largest absolute Gasteiger partial charge is 0.355 e. The molecule has 0 aliphatic heterocycles. The first-order valence-corrected chi connectivity index (χ1v) is 9.79. The molecule has 0 saturated heterocycles. The number of rotatable bonds is 6. The monoisotopic (exact) mass is 393 g/mol. The summed E-state index contributed by atoms with van der Waals surface area (Å²) in [5.74, 6) is -0.111. The molecule has 3 rings (SSSR count). The number of nitrogens with one attached hydrogen (secondary N) is 2. The Labute approximate surface area is 170 Å². The van der Waals surface area contributed by atoms with E-state index in [2.05, 4.69) is 29.6 Å². The summed E-state index contributed by atoms with van der Waals surface area (Å²) in [7, 11) is 1.60. The van der Waals surface area contributed by atoms with E-state index in [4.69, 9.17) is 4.98 Å². The predicted molar refractivity (Wildman–Crippen MR) is 113 cm³/mol. The van der Waals surface area contributed by atoms with Gasteiger partial charge in [0.15, 0.2) is 5.65 Å². The lowest BCUT2D eigenvalue weighted by molar-refractivity contribution is 0.0947. The maximum atomic E-state index is 13.0. The fourth-order valence-electron chi connectivity index (χ4n) is 3.09. The van der Waals surface area contributed by atoms with Crippen molar-refractivity contribution in [3.8, 4) is 0 Å². The van der Waals surface area contributed by atoms with Crippen LogP contribution < -0.4 is 10.6 Å². The Morgan fingerprint density at radius 1 is 1.07 bits per heavy atom. The number of benzene rings is 1. The number of pyridine rings is 1. The van der Waals surface area contributed by atoms with Crippen LogP contribution in [0.15, 0.2) is 36.5 Å². The highest BCUT2D eigenvalue weighted by atomic mass is 16.2. The minimum atomic E-state index is -0.169. The number of amides is 2. The predicted octanol–water partition coefficient (Wildman–Crippen LogP) is 3.43. The van der Waals surface area contributed by atoms with Crippen LogP contribution in [0.5, 0.6) is 0 Å². The van der Waals surface area contributed by atoms with E-state index in [9.17, 15) is 9.59 Å². The van der Waals surface area contributed by atoms with Crippen LogP contribution in [0, 0.1) is 0 Å². The molecule has 2 amide bonds. The second-order valence-corrected chi connectivity index (χ2v) is 7.63. The van der Waals surface area contributed by atoms with Gasteiger partial charge < -0.3 is 10.6 Å². The minimum absolute atomic E-state index is 0.136. The Balaban J connectivity index is 1.85. The molecule has 0 bridgehead atoms. The lowest BCUT2D eigenvalue weighted by atomic mass is 10.0. The van der Waals surface area contributed by atoms with Crippen molar-refractivity contribution in [3.63, 3.8) is 0 Å². The zero-order chi connectivity index (χ0) is 21.1. The standard InChI is InChI=1S/C22H27N5O2/c1-13(2)19-10-17(18-12-25-27(14(3)4)20(18)26-19)22(29)24-11-15-6-8-16(9-7-15)21(28)23-5/h6-10,12-14H,11H2,1-5H3,(H,23,28)(H,24,29). The molecule has 0 radical (unpaired) electrons. The Morgan fingerprint density at radius 3 is 2.34 bits per heavy atom. The summed E-state index contributed by atoms with van der Waals surface area (Å²) in [6.45, 7) is 8.56. The van der Waals surface area contributed by atoms with Gasteiger partial charge in [-0.15, -0.1) is 0 Å². The third-order valence-electron chi connectivity index (χ3n) is 4.81. The van der Waals surface area contributed by atoms with Crippen molar-refractivity contribution in [2.75, 3.05) is 7.05 Å². The van der Waals surface area contributed by atoms with Crippen molar-refractivity contribution >= 4 is 22.8 Å². The zero-order valence-corrected chi connectivity index (χ0v) is 17.5. The molecule has 0 saturated carbocycles. The number of hydrogen-bond acceptors (Lipinski definition) is 4. The van der Waals surface area contributed by atoms with Crippen molar-refractivity contribution < 1.29 is 9.59 Å². The van der Waals surface area contributed by atoms with E-state index in [1.54, 1.807) is 25.4 Å². The van der Waals surface area contributed by atoms with Gasteiger partial charge >= 0.3 is 0 Å². The Bertz CT molecular complexity index is 1040. The molecule has 0 atom stereocenters. The Kier molecular flexibility index (Phi) is 5.96. The van der Waals surface area contributed by atoms with Crippen LogP contribution in [0.2, 0.25) is 0 Å². The van der Waals surface area contributed by atoms with Crippen molar-refractivity contribution in [3.05, 3.63) is 58.9 Å². The van der Waals surface area contributed by atoms with Crippen LogP contribution in [0.25, 0.3) is 11.0 Å². The molecule has 29 heavy (non-hydrogen) atoms. The fourth-order valence-corrected chi connectivity index (χ4v) is 3.09. The van der Waals surface area contributed by atoms with Crippen LogP contribution in [0.1, 0.15) is 71.6 Å². The van der Waals surface area contributed by atoms with E-state index < -0.39 is 0 Å². The van der Waals surface area contributed by atoms with Crippen molar-refractivity contribution in [1.29, 1.82) is 0 Å². The van der Waals surface area contributed by atoms with Gasteiger partial charge in [0, 0.05) is 30.9 Å². The molecule has 7 heteroatoms. The van der Waals surface area contributed by atoms with Gasteiger partial charge in [-0.3, -0.25) is 9.59 Å². The minimum Gasteiger partial charge on any atom is -0.355 e. The summed E-state index contributed by atoms with van der Waals surface area (Å²) >= 11 is 0. The second kappa shape index (κ2) is 8.43. The molecule has 2 aromatic heterocycles. The van der Waals surface area contributed by atoms with E-state index in [0.29, 0.717) is 17.7 Å². The first-order valence-electron chi connectivity index (χ1n) is 9.79. The highest BCUT2D eigenvalue weighted by molar-refractivity contribution is 6.05. The van der Waals surface area contributed by atoms with Gasteiger partial charge in [-0.25, -0.2) is 9.67 Å². The van der Waals surface area contributed by atoms with Gasteiger partial charge in [0.1, 0.15) is 0 Å². The molecule has 0 fully saturated rings. The molecule has 0 aliphatic rings. The Hall–Kier alpha value is -3.22. The second-order valence-electron chi connectivity index (χ2n) is 7.63. The smallest absolute Gasteiger partial charge is 0.252 e. The number of hydrogen-bond donors (Lipinski definition) is 2. The van der Waals surface area contributed by atoms with Crippen LogP contribution >= 0.6 is 0 Å². The van der Waals surface area contributed by atoms with Crippen LogP contribution in [0.4, 0.5) is 0 Å². The van der Waals surface area contributed by atoms with Gasteiger partial charge in [-0.2, -0.15) is 5.10 Å². The average Bonchev–Trinajstić information content (AvgIpc) is 3.15. The number of aromatic nitrogens is 3. The number of nitrogens with zero attached hydrogens (tertiary/aromatic N) is 3. The van der Waals surface area contributed by atoms with Crippen molar-refractivity contribution in [2.45, 2.75) is 46.2 Å². The molecule has 1 aromatic carbocycles. The van der Waals surface area contributed by atoms with Crippen molar-refractivity contribution in [2.24, 2.45) is 0 Å². The normalized spacial score (nSPS) is 11.3. The Morgan fingerprint density at radius 2 is 1.76 bits per heavy atom. The number of carbonyl (C=O) groups is 2. The molecule has 0 spiro atoms. The van der Waals surface area contributed by atoms with E-state index >= 15 is 0 Å². The topological polar surface area (TPSA) is 88.9 Å². The summed E-state index contributed by atoms with van der Waals surface area (Å²) in [6, 6.07) is 9.16. The van der Waals surface area contributed by atoms with Gasteiger partial charge in [0.05, 0.1) is 17.1 Å². The first-order chi connectivity index (χ1) is 13.8. The molecule has 152 valence electrons. The summed E-state index contributed by atoms with van der Waals surface area (Å²) in [4.78, 5) is 29.3. The van der Waals surface area contributed by atoms with E-state index in [1.807, 2.05) is 36.7 Å². The summed E-state index contributed by atoms with van der Waals surface area (Å²) in [5, 5.41) is 10.7. The van der Waals surface area contributed by atoms with E-state index in [0.717, 1.165) is 22.3 Å². The van der Waals surface area contributed by atoms with Gasteiger partial charge in [-0.1, -0.05) is 26.0 Å². The van der Waals surface area contributed by atoms with Crippen LogP contribution in [-0.2, 0) is 6.54 Å². The maximum absolute atomic E-state index is 13.0. The number of carbonyl (C=O) groups excluding carboxylic acids is 2. The summed E-state index contributed by atoms with van der Waals surface area (Å²) in [6.07, 6.45) is 1.71. The third kappa shape index (κ3) is 4.29. The fraction of sp³-hybridized carbons (Fsp3) is 0.364. The summed E-state index contributed by atoms with van der Waals surface area (Å²) < 4.78 is 1.84. The van der Waals surface area contributed by atoms with Gasteiger partial charge in [0.2, 0.25) is 0 Å². The van der Waals surface area contributed by atoms with Gasteiger partial charge in [-0.05, 0) is 43.5 Å². The number of fused-ring (bicyclic) bond motifs is 1. The molecular weight excluding hydrogens is 366 g/mol. The quantitative estimate of drug-likeness (QED) is 0.671. The highest BCUT2D eigenvalue weighted by Gasteiger charge is 2.18. The molecule has 0 unspecified atom stereocenters. The molecule has 2 heterocycles. The molecule has 3 aromatic rings.